The molecule has 1 heterocycles. The van der Waals surface area contributed by atoms with Crippen LogP contribution < -0.4 is 18.9 Å². The summed E-state index contributed by atoms with van der Waals surface area (Å²) in [6.07, 6.45) is 4.59. The van der Waals surface area contributed by atoms with Crippen LogP contribution in [0.3, 0.4) is 0 Å². The lowest BCUT2D eigenvalue weighted by Crippen LogP contribution is -2.32. The zero-order chi connectivity index (χ0) is 29.1. The van der Waals surface area contributed by atoms with Crippen LogP contribution in [0.4, 0.5) is 5.69 Å². The average molecular weight is 558 g/mol. The lowest BCUT2D eigenvalue weighted by Gasteiger charge is -2.30. The van der Waals surface area contributed by atoms with Crippen LogP contribution in [0.2, 0.25) is 0 Å². The molecule has 1 amide bonds. The molecule has 2 atom stereocenters. The number of rotatable bonds is 8. The number of non-ortho nitro benzene ring substituents is 1. The van der Waals surface area contributed by atoms with E-state index in [4.69, 9.17) is 24.0 Å². The molecule has 1 fully saturated rings. The number of hydrazone groups is 1. The average Bonchev–Trinajstić information content (AvgIpc) is 3.40. The van der Waals surface area contributed by atoms with Gasteiger partial charge in [0.15, 0.2) is 23.0 Å². The van der Waals surface area contributed by atoms with Crippen LogP contribution in [0.5, 0.6) is 23.0 Å². The first kappa shape index (κ1) is 27.7. The van der Waals surface area contributed by atoms with Crippen LogP contribution >= 0.6 is 0 Å². The zero-order valence-corrected chi connectivity index (χ0v) is 23.3. The van der Waals surface area contributed by atoms with Crippen molar-refractivity contribution in [2.24, 2.45) is 11.0 Å². The molecular weight excluding hydrogens is 526 g/mol. The zero-order valence-electron chi connectivity index (χ0n) is 23.3. The van der Waals surface area contributed by atoms with Crippen LogP contribution in [0.25, 0.3) is 6.08 Å². The van der Waals surface area contributed by atoms with Crippen molar-refractivity contribution in [2.75, 3.05) is 28.4 Å². The molecule has 0 bridgehead atoms. The van der Waals surface area contributed by atoms with Gasteiger partial charge in [0.25, 0.3) is 11.6 Å². The lowest BCUT2D eigenvalue weighted by molar-refractivity contribution is -0.384. The molecule has 3 aromatic carbocycles. The van der Waals surface area contributed by atoms with Gasteiger partial charge in [0.1, 0.15) is 0 Å². The molecule has 0 spiro atoms. The van der Waals surface area contributed by atoms with Gasteiger partial charge in [-0.25, -0.2) is 5.01 Å². The molecule has 1 aliphatic carbocycles. The highest BCUT2D eigenvalue weighted by Gasteiger charge is 2.44. The predicted octanol–water partition coefficient (Wildman–Crippen LogP) is 6.07. The Bertz CT molecular complexity index is 1550. The third-order valence-electron chi connectivity index (χ3n) is 7.51. The van der Waals surface area contributed by atoms with Crippen molar-refractivity contribution in [3.8, 4) is 23.0 Å². The van der Waals surface area contributed by atoms with Gasteiger partial charge in [-0.15, -0.1) is 0 Å². The first-order chi connectivity index (χ1) is 19.9. The number of methoxy groups -OCH3 is 4. The normalized spacial score (nSPS) is 18.9. The van der Waals surface area contributed by atoms with Crippen LogP contribution in [0.15, 0.2) is 71.3 Å². The molecule has 10 nitrogen and oxygen atoms in total. The molecule has 1 aliphatic heterocycles. The Balaban J connectivity index is 1.60. The summed E-state index contributed by atoms with van der Waals surface area (Å²) in [5.41, 5.74) is 3.64. The minimum Gasteiger partial charge on any atom is -0.493 e. The van der Waals surface area contributed by atoms with Crippen molar-refractivity contribution in [1.29, 1.82) is 0 Å². The summed E-state index contributed by atoms with van der Waals surface area (Å²) >= 11 is 0. The fourth-order valence-electron chi connectivity index (χ4n) is 5.57. The number of allylic oxidation sites excluding steroid dienone is 1. The van der Waals surface area contributed by atoms with E-state index in [2.05, 4.69) is 6.08 Å². The minimum atomic E-state index is -0.512. The SMILES string of the molecule is COc1ccc(C=C2CCCC3C2=NN(C(=O)c2cccc([N+](=O)[O-])c2)C3c2ccc(OC)c(OC)c2)cc1OC. The van der Waals surface area contributed by atoms with Gasteiger partial charge < -0.3 is 18.9 Å². The molecule has 0 saturated heterocycles. The van der Waals surface area contributed by atoms with E-state index in [0.717, 1.165) is 41.7 Å². The minimum absolute atomic E-state index is 0.0871. The highest BCUT2D eigenvalue weighted by Crippen LogP contribution is 2.46. The van der Waals surface area contributed by atoms with Gasteiger partial charge >= 0.3 is 0 Å². The second-order valence-corrected chi connectivity index (χ2v) is 9.78. The molecule has 0 radical (unpaired) electrons. The smallest absolute Gasteiger partial charge is 0.274 e. The lowest BCUT2D eigenvalue weighted by atomic mass is 9.77. The molecular formula is C31H31N3O7. The molecule has 0 N–H and O–H groups in total. The third kappa shape index (κ3) is 5.32. The van der Waals surface area contributed by atoms with Gasteiger partial charge in [-0.1, -0.05) is 18.2 Å². The van der Waals surface area contributed by atoms with E-state index in [1.54, 1.807) is 34.5 Å². The second kappa shape index (κ2) is 11.7. The van der Waals surface area contributed by atoms with Gasteiger partial charge in [-0.2, -0.15) is 5.10 Å². The summed E-state index contributed by atoms with van der Waals surface area (Å²) in [4.78, 5) is 24.8. The highest BCUT2D eigenvalue weighted by atomic mass is 16.6. The topological polar surface area (TPSA) is 113 Å². The maximum Gasteiger partial charge on any atom is 0.274 e. The molecule has 5 rings (SSSR count). The Kier molecular flexibility index (Phi) is 7.91. The van der Waals surface area contributed by atoms with E-state index < -0.39 is 16.9 Å². The fourth-order valence-corrected chi connectivity index (χ4v) is 5.57. The van der Waals surface area contributed by atoms with Crippen LogP contribution in [-0.4, -0.2) is 50.0 Å². The molecule has 0 aromatic heterocycles. The van der Waals surface area contributed by atoms with E-state index >= 15 is 0 Å². The number of hydrogen-bond acceptors (Lipinski definition) is 8. The Hall–Kier alpha value is -4.86. The van der Waals surface area contributed by atoms with Crippen LogP contribution in [0, 0.1) is 16.0 Å². The van der Waals surface area contributed by atoms with Gasteiger partial charge in [0.2, 0.25) is 0 Å². The van der Waals surface area contributed by atoms with E-state index in [9.17, 15) is 14.9 Å². The van der Waals surface area contributed by atoms with E-state index in [-0.39, 0.29) is 17.2 Å². The molecule has 212 valence electrons. The monoisotopic (exact) mass is 557 g/mol. The summed E-state index contributed by atoms with van der Waals surface area (Å²) in [6.45, 7) is 0. The summed E-state index contributed by atoms with van der Waals surface area (Å²) < 4.78 is 21.9. The summed E-state index contributed by atoms with van der Waals surface area (Å²) in [7, 11) is 6.32. The number of fused-ring (bicyclic) bond motifs is 1. The summed E-state index contributed by atoms with van der Waals surface area (Å²) in [5, 5.41) is 17.8. The Morgan fingerprint density at radius 1 is 0.927 bits per heavy atom. The molecule has 3 aromatic rings. The highest BCUT2D eigenvalue weighted by molar-refractivity contribution is 6.09. The first-order valence-electron chi connectivity index (χ1n) is 13.2. The van der Waals surface area contributed by atoms with E-state index in [1.165, 1.54) is 23.2 Å². The number of carbonyl (C=O) groups is 1. The second-order valence-electron chi connectivity index (χ2n) is 9.78. The third-order valence-corrected chi connectivity index (χ3v) is 7.51. The van der Waals surface area contributed by atoms with Crippen molar-refractivity contribution >= 4 is 23.4 Å². The number of hydrogen-bond donors (Lipinski definition) is 0. The number of amides is 1. The fraction of sp³-hybridized carbons (Fsp3) is 0.290. The maximum atomic E-state index is 13.9. The van der Waals surface area contributed by atoms with Crippen molar-refractivity contribution in [1.82, 2.24) is 5.01 Å². The Morgan fingerprint density at radius 2 is 1.61 bits per heavy atom. The van der Waals surface area contributed by atoms with Crippen LogP contribution in [-0.2, 0) is 0 Å². The van der Waals surface area contributed by atoms with Gasteiger partial charge in [-0.05, 0) is 72.4 Å². The molecule has 2 aliphatic rings. The quantitative estimate of drug-likeness (QED) is 0.244. The van der Waals surface area contributed by atoms with Gasteiger partial charge in [-0.3, -0.25) is 14.9 Å². The number of nitro benzene ring substituents is 1. The van der Waals surface area contributed by atoms with E-state index in [0.29, 0.717) is 23.0 Å². The van der Waals surface area contributed by atoms with Crippen LogP contribution in [0.1, 0.15) is 46.8 Å². The molecule has 10 heteroatoms. The summed E-state index contributed by atoms with van der Waals surface area (Å²) in [6, 6.07) is 16.6. The van der Waals surface area contributed by atoms with E-state index in [1.807, 2.05) is 36.4 Å². The molecule has 1 saturated carbocycles. The largest absolute Gasteiger partial charge is 0.493 e. The van der Waals surface area contributed by atoms with Crippen molar-refractivity contribution in [3.05, 3.63) is 93.0 Å². The first-order valence-corrected chi connectivity index (χ1v) is 13.2. The number of ether oxygens (including phenoxy) is 4. The maximum absolute atomic E-state index is 13.9. The predicted molar refractivity (Wildman–Crippen MR) is 154 cm³/mol. The van der Waals surface area contributed by atoms with Gasteiger partial charge in [0.05, 0.1) is 45.1 Å². The Morgan fingerprint density at radius 3 is 2.29 bits per heavy atom. The van der Waals surface area contributed by atoms with Crippen molar-refractivity contribution < 1.29 is 28.7 Å². The van der Waals surface area contributed by atoms with Gasteiger partial charge in [0, 0.05) is 23.6 Å². The van der Waals surface area contributed by atoms with Crippen molar-refractivity contribution in [2.45, 2.75) is 25.3 Å². The number of benzene rings is 3. The molecule has 2 unspecified atom stereocenters. The van der Waals surface area contributed by atoms with Crippen molar-refractivity contribution in [3.63, 3.8) is 0 Å². The number of nitro groups is 1. The Labute approximate surface area is 237 Å². The number of nitrogens with zero attached hydrogens (tertiary/aromatic N) is 3. The number of carbonyl (C=O) groups excluding carboxylic acids is 1. The molecule has 41 heavy (non-hydrogen) atoms. The standard InChI is InChI=1S/C31H31N3O7/c1-38-25-13-11-19(16-27(25)40-3)15-20-7-6-10-24-29(20)32-33(31(35)22-8-5-9-23(17-22)34(36)37)30(24)21-12-14-26(39-2)28(18-21)41-4/h5,8-9,11-18,24,30H,6-7,10H2,1-4H3. The summed E-state index contributed by atoms with van der Waals surface area (Å²) in [5.74, 6) is 1.87.